The van der Waals surface area contributed by atoms with Crippen LogP contribution in [0.3, 0.4) is 0 Å². The van der Waals surface area contributed by atoms with Crippen molar-refractivity contribution in [2.24, 2.45) is 0 Å². The number of hydrogen-bond donors (Lipinski definition) is 1. The Bertz CT molecular complexity index is 731. The highest BCUT2D eigenvalue weighted by atomic mass is 16.5. The number of fused-ring (bicyclic) bond motifs is 3. The molecule has 0 radical (unpaired) electrons. The third-order valence-corrected chi connectivity index (χ3v) is 2.93. The second kappa shape index (κ2) is 4.14. The van der Waals surface area contributed by atoms with E-state index in [0.29, 0.717) is 12.3 Å². The minimum absolute atomic E-state index is 0.354. The van der Waals surface area contributed by atoms with Crippen LogP contribution in [0.4, 0.5) is 0 Å². The van der Waals surface area contributed by atoms with Crippen molar-refractivity contribution in [1.29, 1.82) is 0 Å². The van der Waals surface area contributed by atoms with Gasteiger partial charge in [0.1, 0.15) is 5.52 Å². The summed E-state index contributed by atoms with van der Waals surface area (Å²) in [5.74, 6) is -0.365. The van der Waals surface area contributed by atoms with Crippen LogP contribution in [0.25, 0.3) is 21.7 Å². The van der Waals surface area contributed by atoms with Crippen LogP contribution in [0.15, 0.2) is 36.4 Å². The lowest BCUT2D eigenvalue weighted by atomic mass is 10.1. The van der Waals surface area contributed by atoms with Crippen molar-refractivity contribution in [2.45, 2.75) is 6.92 Å². The Morgan fingerprint density at radius 2 is 2.06 bits per heavy atom. The summed E-state index contributed by atoms with van der Waals surface area (Å²) in [5, 5.41) is 9.92. The molecule has 0 aliphatic rings. The van der Waals surface area contributed by atoms with Crippen LogP contribution in [-0.4, -0.2) is 22.8 Å². The molecular formula is C14H12N2O2. The number of rotatable bonds is 2. The molecule has 3 rings (SSSR count). The summed E-state index contributed by atoms with van der Waals surface area (Å²) in [4.78, 5) is 11.8. The fourth-order valence-corrected chi connectivity index (χ4v) is 2.11. The number of carbonyl (C=O) groups is 1. The van der Waals surface area contributed by atoms with Gasteiger partial charge in [-0.2, -0.15) is 5.10 Å². The smallest absolute Gasteiger partial charge is 0.356 e. The fourth-order valence-electron chi connectivity index (χ4n) is 2.11. The van der Waals surface area contributed by atoms with Gasteiger partial charge in [-0.1, -0.05) is 30.3 Å². The van der Waals surface area contributed by atoms with Crippen LogP contribution in [0.5, 0.6) is 0 Å². The molecule has 3 aromatic rings. The molecule has 0 aliphatic heterocycles. The van der Waals surface area contributed by atoms with E-state index in [4.69, 9.17) is 4.74 Å². The van der Waals surface area contributed by atoms with Gasteiger partial charge in [0.05, 0.1) is 6.61 Å². The number of nitrogens with one attached hydrogen (secondary N) is 1. The van der Waals surface area contributed by atoms with Crippen molar-refractivity contribution in [2.75, 3.05) is 6.61 Å². The molecule has 0 spiro atoms. The Hall–Kier alpha value is -2.36. The number of aromatic amines is 1. The highest BCUT2D eigenvalue weighted by molar-refractivity contribution is 6.11. The van der Waals surface area contributed by atoms with Gasteiger partial charge in [-0.25, -0.2) is 4.79 Å². The van der Waals surface area contributed by atoms with Gasteiger partial charge in [0.2, 0.25) is 0 Å². The van der Waals surface area contributed by atoms with Crippen molar-refractivity contribution >= 4 is 27.6 Å². The third kappa shape index (κ3) is 1.54. The molecular weight excluding hydrogens is 228 g/mol. The summed E-state index contributed by atoms with van der Waals surface area (Å²) < 4.78 is 5.00. The zero-order valence-electron chi connectivity index (χ0n) is 9.93. The topological polar surface area (TPSA) is 55.0 Å². The van der Waals surface area contributed by atoms with Crippen LogP contribution >= 0.6 is 0 Å². The minimum atomic E-state index is -0.365. The molecule has 0 amide bonds. The molecule has 4 nitrogen and oxygen atoms in total. The molecule has 2 aromatic carbocycles. The van der Waals surface area contributed by atoms with Gasteiger partial charge < -0.3 is 4.74 Å². The van der Waals surface area contributed by atoms with Crippen LogP contribution in [-0.2, 0) is 4.74 Å². The number of esters is 1. The normalized spacial score (nSPS) is 10.9. The first kappa shape index (κ1) is 10.8. The number of benzene rings is 2. The number of H-pyrrole nitrogens is 1. The molecule has 1 aromatic heterocycles. The Balaban J connectivity index is 2.26. The van der Waals surface area contributed by atoms with Crippen LogP contribution in [0.2, 0.25) is 0 Å². The number of carbonyl (C=O) groups excluding carboxylic acids is 1. The standard InChI is InChI=1S/C14H12N2O2/c1-2-18-14(17)13-11-8-7-9-5-3-4-6-10(9)12(11)15-16-13/h3-8H,2H2,1H3,(H,15,16). The Morgan fingerprint density at radius 3 is 2.89 bits per heavy atom. The van der Waals surface area contributed by atoms with Crippen molar-refractivity contribution in [3.8, 4) is 0 Å². The summed E-state index contributed by atoms with van der Waals surface area (Å²) >= 11 is 0. The van der Waals surface area contributed by atoms with E-state index < -0.39 is 0 Å². The third-order valence-electron chi connectivity index (χ3n) is 2.93. The number of ether oxygens (including phenoxy) is 1. The van der Waals surface area contributed by atoms with Gasteiger partial charge in [0, 0.05) is 10.8 Å². The summed E-state index contributed by atoms with van der Waals surface area (Å²) in [7, 11) is 0. The Labute approximate surface area is 104 Å². The van der Waals surface area contributed by atoms with E-state index in [1.807, 2.05) is 36.4 Å². The number of aromatic nitrogens is 2. The molecule has 18 heavy (non-hydrogen) atoms. The zero-order valence-corrected chi connectivity index (χ0v) is 9.93. The van der Waals surface area contributed by atoms with Gasteiger partial charge in [-0.05, 0) is 18.4 Å². The Morgan fingerprint density at radius 1 is 1.22 bits per heavy atom. The van der Waals surface area contributed by atoms with E-state index in [-0.39, 0.29) is 5.97 Å². The molecule has 0 saturated carbocycles. The average molecular weight is 240 g/mol. The maximum atomic E-state index is 11.8. The second-order valence-corrected chi connectivity index (χ2v) is 4.00. The molecule has 1 N–H and O–H groups in total. The Kier molecular flexibility index (Phi) is 2.48. The summed E-state index contributed by atoms with van der Waals surface area (Å²) in [6.07, 6.45) is 0. The van der Waals surface area contributed by atoms with E-state index in [2.05, 4.69) is 10.2 Å². The minimum Gasteiger partial charge on any atom is -0.461 e. The van der Waals surface area contributed by atoms with Gasteiger partial charge in [0.25, 0.3) is 0 Å². The molecule has 0 saturated heterocycles. The maximum absolute atomic E-state index is 11.8. The zero-order chi connectivity index (χ0) is 12.5. The molecule has 0 fully saturated rings. The molecule has 0 atom stereocenters. The van der Waals surface area contributed by atoms with Crippen molar-refractivity contribution < 1.29 is 9.53 Å². The highest BCUT2D eigenvalue weighted by Gasteiger charge is 2.15. The number of hydrogen-bond acceptors (Lipinski definition) is 3. The van der Waals surface area contributed by atoms with E-state index in [9.17, 15) is 4.79 Å². The van der Waals surface area contributed by atoms with E-state index in [1.54, 1.807) is 6.92 Å². The van der Waals surface area contributed by atoms with Gasteiger partial charge in [0.15, 0.2) is 5.69 Å². The second-order valence-electron chi connectivity index (χ2n) is 4.00. The summed E-state index contributed by atoms with van der Waals surface area (Å²) in [6.45, 7) is 2.14. The highest BCUT2D eigenvalue weighted by Crippen LogP contribution is 2.25. The quantitative estimate of drug-likeness (QED) is 0.701. The van der Waals surface area contributed by atoms with Crippen LogP contribution in [0, 0.1) is 0 Å². The van der Waals surface area contributed by atoms with E-state index in [0.717, 1.165) is 21.7 Å². The number of nitrogens with zero attached hydrogens (tertiary/aromatic N) is 1. The predicted molar refractivity (Wildman–Crippen MR) is 69.6 cm³/mol. The van der Waals surface area contributed by atoms with Gasteiger partial charge in [-0.3, -0.25) is 5.10 Å². The first-order valence-corrected chi connectivity index (χ1v) is 5.84. The van der Waals surface area contributed by atoms with Gasteiger partial charge in [-0.15, -0.1) is 0 Å². The van der Waals surface area contributed by atoms with E-state index in [1.165, 1.54) is 0 Å². The van der Waals surface area contributed by atoms with Crippen LogP contribution < -0.4 is 0 Å². The molecule has 1 heterocycles. The first-order chi connectivity index (χ1) is 8.81. The monoisotopic (exact) mass is 240 g/mol. The average Bonchev–Trinajstić information content (AvgIpc) is 2.83. The lowest BCUT2D eigenvalue weighted by Gasteiger charge is -2.00. The molecule has 0 aliphatic carbocycles. The van der Waals surface area contributed by atoms with Crippen LogP contribution in [0.1, 0.15) is 17.4 Å². The molecule has 4 heteroatoms. The largest absolute Gasteiger partial charge is 0.461 e. The SMILES string of the molecule is CCOC(=O)c1[nH]nc2c1ccc1ccccc12. The fraction of sp³-hybridized carbons (Fsp3) is 0.143. The summed E-state index contributed by atoms with van der Waals surface area (Å²) in [5.41, 5.74) is 1.22. The molecule has 90 valence electrons. The van der Waals surface area contributed by atoms with Crippen molar-refractivity contribution in [3.63, 3.8) is 0 Å². The summed E-state index contributed by atoms with van der Waals surface area (Å²) in [6, 6.07) is 11.8. The lowest BCUT2D eigenvalue weighted by Crippen LogP contribution is -2.05. The van der Waals surface area contributed by atoms with E-state index >= 15 is 0 Å². The first-order valence-electron chi connectivity index (χ1n) is 5.84. The van der Waals surface area contributed by atoms with Gasteiger partial charge >= 0.3 is 5.97 Å². The van der Waals surface area contributed by atoms with Crippen molar-refractivity contribution in [3.05, 3.63) is 42.1 Å². The molecule has 0 bridgehead atoms. The predicted octanol–water partition coefficient (Wildman–Crippen LogP) is 2.89. The molecule has 0 unspecified atom stereocenters. The maximum Gasteiger partial charge on any atom is 0.356 e. The van der Waals surface area contributed by atoms with Crippen molar-refractivity contribution in [1.82, 2.24) is 10.2 Å². The lowest BCUT2D eigenvalue weighted by molar-refractivity contribution is 0.0521.